The Labute approximate surface area is 242 Å². The van der Waals surface area contributed by atoms with Gasteiger partial charge in [-0.3, -0.25) is 9.48 Å². The molecular formula is C29H34FN7O5. The zero-order valence-electron chi connectivity index (χ0n) is 24.5. The highest BCUT2D eigenvalue weighted by molar-refractivity contribution is 6.06. The number of carbonyl (C=O) groups excluding carboxylic acids is 2. The summed E-state index contributed by atoms with van der Waals surface area (Å²) in [6.07, 6.45) is 1.34. The second-order valence-corrected chi connectivity index (χ2v) is 11.0. The van der Waals surface area contributed by atoms with Crippen molar-refractivity contribution >= 4 is 39.5 Å². The van der Waals surface area contributed by atoms with Crippen LogP contribution < -0.4 is 15.0 Å². The summed E-state index contributed by atoms with van der Waals surface area (Å²) in [5, 5.41) is 7.90. The molecule has 1 N–H and O–H groups in total. The Bertz CT molecular complexity index is 1660. The summed E-state index contributed by atoms with van der Waals surface area (Å²) in [5.74, 6) is -1.09. The summed E-state index contributed by atoms with van der Waals surface area (Å²) in [6, 6.07) is 7.25. The summed E-state index contributed by atoms with van der Waals surface area (Å²) in [5.41, 5.74) is 1.33. The molecule has 1 fully saturated rings. The summed E-state index contributed by atoms with van der Waals surface area (Å²) < 4.78 is 33.2. The topological polar surface area (TPSA) is 124 Å². The maximum atomic E-state index is 15.6. The van der Waals surface area contributed by atoms with Gasteiger partial charge in [-0.2, -0.15) is 5.10 Å². The molecule has 0 unspecified atom stereocenters. The van der Waals surface area contributed by atoms with Crippen LogP contribution in [-0.4, -0.2) is 89.4 Å². The summed E-state index contributed by atoms with van der Waals surface area (Å²) in [6.45, 7) is 7.49. The number of fused-ring (bicyclic) bond motifs is 2. The molecule has 222 valence electrons. The fraction of sp³-hybridized carbons (Fsp3) is 0.414. The Morgan fingerprint density at radius 1 is 1.10 bits per heavy atom. The Morgan fingerprint density at radius 3 is 2.50 bits per heavy atom. The largest absolute Gasteiger partial charge is 0.464 e. The number of methoxy groups -OCH3 is 1. The summed E-state index contributed by atoms with van der Waals surface area (Å²) in [7, 11) is 4.65. The van der Waals surface area contributed by atoms with E-state index in [0.29, 0.717) is 42.5 Å². The van der Waals surface area contributed by atoms with E-state index in [0.717, 1.165) is 5.69 Å². The molecule has 4 aromatic rings. The first-order valence-corrected chi connectivity index (χ1v) is 13.5. The number of halogens is 1. The average Bonchev–Trinajstić information content (AvgIpc) is 3.35. The molecule has 5 rings (SSSR count). The third kappa shape index (κ3) is 5.77. The molecule has 2 aromatic heterocycles. The fourth-order valence-corrected chi connectivity index (χ4v) is 4.85. The van der Waals surface area contributed by atoms with Crippen LogP contribution in [0.25, 0.3) is 33.2 Å². The van der Waals surface area contributed by atoms with E-state index in [4.69, 9.17) is 19.2 Å². The van der Waals surface area contributed by atoms with Crippen molar-refractivity contribution in [2.24, 2.45) is 7.05 Å². The van der Waals surface area contributed by atoms with E-state index in [1.54, 1.807) is 30.3 Å². The van der Waals surface area contributed by atoms with E-state index < -0.39 is 17.3 Å². The number of hydrogen-bond acceptors (Lipinski definition) is 9. The number of anilines is 1. The smallest absolute Gasteiger partial charge is 0.410 e. The monoisotopic (exact) mass is 579 g/mol. The van der Waals surface area contributed by atoms with Crippen LogP contribution in [-0.2, 0) is 16.5 Å². The van der Waals surface area contributed by atoms with Gasteiger partial charge in [-0.15, -0.1) is 0 Å². The lowest BCUT2D eigenvalue weighted by Gasteiger charge is -2.36. The second kappa shape index (κ2) is 11.4. The van der Waals surface area contributed by atoms with E-state index in [1.807, 2.05) is 32.9 Å². The molecule has 1 aliphatic rings. The lowest BCUT2D eigenvalue weighted by molar-refractivity contribution is 0.0240. The van der Waals surface area contributed by atoms with Gasteiger partial charge >= 0.3 is 6.09 Å². The molecule has 0 bridgehead atoms. The SMILES string of the molecule is CNC(=O)c1nc(-c2cc3cn(C)nc3c(F)c2OCOC)nc2ccc(N3CCN(C(=O)OC(C)(C)C)CC3)cc12. The van der Waals surface area contributed by atoms with Crippen LogP contribution in [0.4, 0.5) is 14.9 Å². The molecule has 1 saturated heterocycles. The van der Waals surface area contributed by atoms with Gasteiger partial charge in [-0.25, -0.2) is 19.2 Å². The number of amides is 2. The molecule has 0 saturated carbocycles. The first-order valence-electron chi connectivity index (χ1n) is 13.5. The van der Waals surface area contributed by atoms with Crippen molar-refractivity contribution in [1.82, 2.24) is 30.0 Å². The minimum atomic E-state index is -0.675. The molecular weight excluding hydrogens is 545 g/mol. The van der Waals surface area contributed by atoms with Gasteiger partial charge in [0.05, 0.1) is 11.1 Å². The van der Waals surface area contributed by atoms with Gasteiger partial charge in [-0.05, 0) is 45.0 Å². The quantitative estimate of drug-likeness (QED) is 0.340. The normalized spacial score (nSPS) is 14.0. The van der Waals surface area contributed by atoms with E-state index in [9.17, 15) is 9.59 Å². The van der Waals surface area contributed by atoms with Crippen molar-refractivity contribution < 1.29 is 28.2 Å². The van der Waals surface area contributed by atoms with Gasteiger partial charge in [0.1, 0.15) is 16.8 Å². The van der Waals surface area contributed by atoms with Crippen LogP contribution in [0, 0.1) is 5.82 Å². The van der Waals surface area contributed by atoms with Crippen LogP contribution in [0.2, 0.25) is 0 Å². The summed E-state index contributed by atoms with van der Waals surface area (Å²) >= 11 is 0. The van der Waals surface area contributed by atoms with Gasteiger partial charge in [-0.1, -0.05) is 0 Å². The number of nitrogens with zero attached hydrogens (tertiary/aromatic N) is 6. The Balaban J connectivity index is 1.52. The van der Waals surface area contributed by atoms with Crippen LogP contribution in [0.3, 0.4) is 0 Å². The third-order valence-corrected chi connectivity index (χ3v) is 6.79. The van der Waals surface area contributed by atoms with E-state index in [-0.39, 0.29) is 41.2 Å². The predicted molar refractivity (Wildman–Crippen MR) is 155 cm³/mol. The zero-order valence-corrected chi connectivity index (χ0v) is 24.5. The van der Waals surface area contributed by atoms with Gasteiger partial charge in [0.15, 0.2) is 24.2 Å². The molecule has 42 heavy (non-hydrogen) atoms. The Kier molecular flexibility index (Phi) is 7.87. The average molecular weight is 580 g/mol. The number of rotatable bonds is 6. The van der Waals surface area contributed by atoms with E-state index in [1.165, 1.54) is 18.8 Å². The lowest BCUT2D eigenvalue weighted by atomic mass is 10.1. The molecule has 0 aliphatic carbocycles. The van der Waals surface area contributed by atoms with Gasteiger partial charge in [0.25, 0.3) is 5.91 Å². The van der Waals surface area contributed by atoms with Crippen molar-refractivity contribution in [3.63, 3.8) is 0 Å². The Hall–Kier alpha value is -4.52. The maximum absolute atomic E-state index is 15.6. The third-order valence-electron chi connectivity index (χ3n) is 6.79. The van der Waals surface area contributed by atoms with Crippen LogP contribution in [0.15, 0.2) is 30.5 Å². The standard InChI is InChI=1S/C29H34FN7O5/c1-29(2,3)42-28(39)37-11-9-36(10-12-37)18-7-8-21-19(14-18)24(27(38)31-4)33-26(32-21)20-13-17-15-35(5)34-23(17)22(30)25(20)41-16-40-6/h7-8,13-15H,9-12,16H2,1-6H3,(H,31,38). The minimum absolute atomic E-state index is 0.121. The molecule has 2 amide bonds. The van der Waals surface area contributed by atoms with Crippen molar-refractivity contribution in [2.75, 3.05) is 52.0 Å². The molecule has 13 heteroatoms. The fourth-order valence-electron chi connectivity index (χ4n) is 4.85. The van der Waals surface area contributed by atoms with Crippen molar-refractivity contribution in [3.05, 3.63) is 42.0 Å². The number of hydrogen-bond donors (Lipinski definition) is 1. The highest BCUT2D eigenvalue weighted by Crippen LogP contribution is 2.37. The van der Waals surface area contributed by atoms with Gasteiger partial charge < -0.3 is 29.3 Å². The maximum Gasteiger partial charge on any atom is 0.410 e. The van der Waals surface area contributed by atoms with Crippen LogP contribution in [0.1, 0.15) is 31.3 Å². The number of benzene rings is 2. The molecule has 12 nitrogen and oxygen atoms in total. The van der Waals surface area contributed by atoms with Gasteiger partial charge in [0, 0.05) is 70.0 Å². The van der Waals surface area contributed by atoms with Crippen molar-refractivity contribution in [1.29, 1.82) is 0 Å². The zero-order chi connectivity index (χ0) is 30.2. The number of aromatic nitrogens is 4. The lowest BCUT2D eigenvalue weighted by Crippen LogP contribution is -2.50. The second-order valence-electron chi connectivity index (χ2n) is 11.0. The number of ether oxygens (including phenoxy) is 3. The first-order chi connectivity index (χ1) is 20.0. The van der Waals surface area contributed by atoms with Crippen molar-refractivity contribution in [2.45, 2.75) is 26.4 Å². The first kappa shape index (κ1) is 29.0. The number of aryl methyl sites for hydroxylation is 1. The van der Waals surface area contributed by atoms with Gasteiger partial charge in [0.2, 0.25) is 0 Å². The van der Waals surface area contributed by atoms with Crippen LogP contribution in [0.5, 0.6) is 5.75 Å². The highest BCUT2D eigenvalue weighted by Gasteiger charge is 2.27. The molecule has 0 atom stereocenters. The van der Waals surface area contributed by atoms with E-state index in [2.05, 4.69) is 20.3 Å². The molecule has 0 radical (unpaired) electrons. The molecule has 2 aromatic carbocycles. The van der Waals surface area contributed by atoms with Crippen molar-refractivity contribution in [3.8, 4) is 17.1 Å². The molecule has 3 heterocycles. The number of carbonyl (C=O) groups is 2. The van der Waals surface area contributed by atoms with Crippen LogP contribution >= 0.6 is 0 Å². The minimum Gasteiger partial charge on any atom is -0.464 e. The van der Waals surface area contributed by atoms with E-state index >= 15 is 4.39 Å². The number of piperazine rings is 1. The summed E-state index contributed by atoms with van der Waals surface area (Å²) in [4.78, 5) is 38.7. The highest BCUT2D eigenvalue weighted by atomic mass is 19.1. The molecule has 0 spiro atoms. The predicted octanol–water partition coefficient (Wildman–Crippen LogP) is 3.72. The Morgan fingerprint density at radius 2 is 1.83 bits per heavy atom. The number of nitrogens with one attached hydrogen (secondary N) is 1. The molecule has 1 aliphatic heterocycles.